The number of halogens is 1. The zero-order valence-electron chi connectivity index (χ0n) is 14.8. The molecule has 0 saturated carbocycles. The van der Waals surface area contributed by atoms with Crippen molar-refractivity contribution in [2.75, 3.05) is 26.6 Å². The average molecular weight is 441 g/mol. The number of nitrogens with one attached hydrogen (secondary N) is 1. The molecule has 138 valence electrons. The molecular weight excluding hydrogens is 424 g/mol. The summed E-state index contributed by atoms with van der Waals surface area (Å²) in [6.07, 6.45) is 0. The number of carbonyl (C=O) groups is 1. The van der Waals surface area contributed by atoms with Crippen molar-refractivity contribution in [2.45, 2.75) is 13.8 Å². The Balaban J connectivity index is 1.98. The second kappa shape index (κ2) is 7.12. The highest BCUT2D eigenvalue weighted by Gasteiger charge is 2.24. The fourth-order valence-electron chi connectivity index (χ4n) is 2.45. The third-order valence-electron chi connectivity index (χ3n) is 3.89. The van der Waals surface area contributed by atoms with Crippen LogP contribution in [0.25, 0.3) is 4.96 Å². The number of ether oxygens (including phenoxy) is 3. The van der Waals surface area contributed by atoms with E-state index in [1.165, 1.54) is 32.7 Å². The van der Waals surface area contributed by atoms with Crippen molar-refractivity contribution < 1.29 is 19.0 Å². The molecule has 8 nitrogen and oxygen atoms in total. The normalized spacial score (nSPS) is 10.8. The zero-order chi connectivity index (χ0) is 19.0. The molecule has 0 aliphatic carbocycles. The summed E-state index contributed by atoms with van der Waals surface area (Å²) >= 11 is 4.91. The number of anilines is 1. The molecule has 3 rings (SSSR count). The van der Waals surface area contributed by atoms with Crippen molar-refractivity contribution in [3.05, 3.63) is 26.7 Å². The fraction of sp³-hybridized carbons (Fsp3) is 0.312. The van der Waals surface area contributed by atoms with Crippen LogP contribution in [0.1, 0.15) is 20.9 Å². The Morgan fingerprint density at radius 1 is 1.19 bits per heavy atom. The van der Waals surface area contributed by atoms with Crippen molar-refractivity contribution in [3.8, 4) is 17.2 Å². The molecule has 0 bridgehead atoms. The molecule has 10 heteroatoms. The summed E-state index contributed by atoms with van der Waals surface area (Å²) in [5.41, 5.74) is 1.30. The maximum absolute atomic E-state index is 12.7. The van der Waals surface area contributed by atoms with Gasteiger partial charge in [0, 0.05) is 4.88 Å². The van der Waals surface area contributed by atoms with E-state index in [1.54, 1.807) is 10.6 Å². The number of amides is 1. The van der Waals surface area contributed by atoms with Crippen molar-refractivity contribution in [3.63, 3.8) is 0 Å². The van der Waals surface area contributed by atoms with Crippen LogP contribution in [0, 0.1) is 13.8 Å². The van der Waals surface area contributed by atoms with Crippen molar-refractivity contribution in [1.82, 2.24) is 14.6 Å². The van der Waals surface area contributed by atoms with Gasteiger partial charge in [-0.05, 0) is 35.8 Å². The Morgan fingerprint density at radius 3 is 2.46 bits per heavy atom. The van der Waals surface area contributed by atoms with E-state index in [0.717, 1.165) is 15.5 Å². The van der Waals surface area contributed by atoms with Crippen LogP contribution in [0.15, 0.2) is 10.5 Å². The van der Waals surface area contributed by atoms with E-state index in [2.05, 4.69) is 31.3 Å². The molecule has 1 N–H and O–H groups in total. The lowest BCUT2D eigenvalue weighted by Gasteiger charge is -2.16. The average Bonchev–Trinajstić information content (AvgIpc) is 3.12. The summed E-state index contributed by atoms with van der Waals surface area (Å²) in [6.45, 7) is 3.95. The number of benzene rings is 1. The maximum Gasteiger partial charge on any atom is 0.259 e. The number of nitrogens with zero attached hydrogens (tertiary/aromatic N) is 3. The quantitative estimate of drug-likeness (QED) is 0.653. The lowest BCUT2D eigenvalue weighted by atomic mass is 10.1. The molecular formula is C16H17BrN4O4S. The smallest absolute Gasteiger partial charge is 0.259 e. The molecule has 1 aromatic carbocycles. The van der Waals surface area contributed by atoms with E-state index >= 15 is 0 Å². The highest BCUT2D eigenvalue weighted by molar-refractivity contribution is 9.10. The molecule has 0 saturated heterocycles. The molecule has 3 aromatic rings. The first kappa shape index (κ1) is 18.5. The van der Waals surface area contributed by atoms with Gasteiger partial charge in [0.25, 0.3) is 11.9 Å². The Morgan fingerprint density at radius 2 is 1.88 bits per heavy atom. The van der Waals surface area contributed by atoms with Crippen LogP contribution in [0.3, 0.4) is 0 Å². The van der Waals surface area contributed by atoms with E-state index < -0.39 is 5.91 Å². The van der Waals surface area contributed by atoms with Gasteiger partial charge in [-0.2, -0.15) is 4.98 Å². The summed E-state index contributed by atoms with van der Waals surface area (Å²) in [6, 6.07) is 1.56. The van der Waals surface area contributed by atoms with Gasteiger partial charge < -0.3 is 14.2 Å². The van der Waals surface area contributed by atoms with Gasteiger partial charge in [0.1, 0.15) is 0 Å². The molecule has 0 radical (unpaired) electrons. The molecule has 0 spiro atoms. The molecule has 0 fully saturated rings. The number of hydrogen-bond acceptors (Lipinski definition) is 7. The zero-order valence-corrected chi connectivity index (χ0v) is 17.2. The monoisotopic (exact) mass is 440 g/mol. The van der Waals surface area contributed by atoms with Crippen molar-refractivity contribution >= 4 is 44.1 Å². The number of aromatic nitrogens is 3. The Kier molecular flexibility index (Phi) is 5.05. The number of fused-ring (bicyclic) bond motifs is 1. The molecule has 0 aliphatic rings. The Hall–Kier alpha value is -2.33. The minimum Gasteiger partial charge on any atom is -0.493 e. The lowest BCUT2D eigenvalue weighted by molar-refractivity contribution is 0.102. The van der Waals surface area contributed by atoms with Crippen LogP contribution in [0.2, 0.25) is 0 Å². The summed E-state index contributed by atoms with van der Waals surface area (Å²) < 4.78 is 18.1. The van der Waals surface area contributed by atoms with Crippen LogP contribution in [-0.4, -0.2) is 41.8 Å². The van der Waals surface area contributed by atoms with Crippen LogP contribution >= 0.6 is 27.3 Å². The molecule has 0 aliphatic heterocycles. The number of hydrogen-bond donors (Lipinski definition) is 1. The number of methoxy groups -OCH3 is 3. The first-order chi connectivity index (χ1) is 12.4. The topological polar surface area (TPSA) is 87.0 Å². The first-order valence-corrected chi connectivity index (χ1v) is 9.14. The van der Waals surface area contributed by atoms with Gasteiger partial charge in [0.05, 0.1) is 37.1 Å². The Bertz CT molecular complexity index is 998. The van der Waals surface area contributed by atoms with Crippen LogP contribution < -0.4 is 19.5 Å². The largest absolute Gasteiger partial charge is 0.493 e. The minimum atomic E-state index is -0.399. The van der Waals surface area contributed by atoms with E-state index in [-0.39, 0.29) is 5.95 Å². The summed E-state index contributed by atoms with van der Waals surface area (Å²) in [5, 5.41) is 7.03. The van der Waals surface area contributed by atoms with Gasteiger partial charge >= 0.3 is 0 Å². The molecule has 0 unspecified atom stereocenters. The minimum absolute atomic E-state index is 0.227. The van der Waals surface area contributed by atoms with E-state index in [1.807, 2.05) is 13.8 Å². The van der Waals surface area contributed by atoms with Crippen LogP contribution in [-0.2, 0) is 0 Å². The van der Waals surface area contributed by atoms with Crippen LogP contribution in [0.4, 0.5) is 5.95 Å². The third kappa shape index (κ3) is 2.99. The van der Waals surface area contributed by atoms with E-state index in [4.69, 9.17) is 14.2 Å². The van der Waals surface area contributed by atoms with Gasteiger partial charge in [0.2, 0.25) is 10.7 Å². The van der Waals surface area contributed by atoms with Gasteiger partial charge in [-0.25, -0.2) is 4.52 Å². The SMILES string of the molecule is COc1cc(C(=O)Nc2nc3sc(C)c(C)n3n2)c(Br)c(OC)c1OC. The summed E-state index contributed by atoms with van der Waals surface area (Å²) in [7, 11) is 4.47. The fourth-order valence-corrected chi connectivity index (χ4v) is 3.99. The summed E-state index contributed by atoms with van der Waals surface area (Å²) in [5.74, 6) is 0.962. The van der Waals surface area contributed by atoms with Gasteiger partial charge in [-0.1, -0.05) is 11.3 Å². The molecule has 1 amide bonds. The number of thiazole rings is 1. The number of carbonyl (C=O) groups excluding carboxylic acids is 1. The van der Waals surface area contributed by atoms with Crippen LogP contribution in [0.5, 0.6) is 17.2 Å². The van der Waals surface area contributed by atoms with Gasteiger partial charge in [-0.15, -0.1) is 5.10 Å². The molecule has 0 atom stereocenters. The van der Waals surface area contributed by atoms with Gasteiger partial charge in [-0.3, -0.25) is 10.1 Å². The summed E-state index contributed by atoms with van der Waals surface area (Å²) in [4.78, 5) is 18.9. The molecule has 2 aromatic heterocycles. The third-order valence-corrected chi connectivity index (χ3v) is 5.72. The molecule has 2 heterocycles. The lowest BCUT2D eigenvalue weighted by Crippen LogP contribution is -2.15. The highest BCUT2D eigenvalue weighted by atomic mass is 79.9. The van der Waals surface area contributed by atoms with E-state index in [0.29, 0.717) is 27.3 Å². The maximum atomic E-state index is 12.7. The molecule has 26 heavy (non-hydrogen) atoms. The number of rotatable bonds is 5. The van der Waals surface area contributed by atoms with Crippen molar-refractivity contribution in [1.29, 1.82) is 0 Å². The second-order valence-corrected chi connectivity index (χ2v) is 7.31. The predicted molar refractivity (Wildman–Crippen MR) is 102 cm³/mol. The number of aryl methyl sites for hydroxylation is 2. The first-order valence-electron chi connectivity index (χ1n) is 7.53. The standard InChI is InChI=1S/C16H17BrN4O4S/c1-7-8(2)26-16-19-15(20-21(7)16)18-14(22)9-6-10(23-3)12(24-4)13(25-5)11(9)17/h6H,1-5H3,(H,18,20,22). The van der Waals surface area contributed by atoms with E-state index in [9.17, 15) is 4.79 Å². The van der Waals surface area contributed by atoms with Gasteiger partial charge in [0.15, 0.2) is 11.5 Å². The second-order valence-electron chi connectivity index (χ2n) is 5.33. The highest BCUT2D eigenvalue weighted by Crippen LogP contribution is 2.44. The predicted octanol–water partition coefficient (Wildman–Crippen LogP) is 3.45. The van der Waals surface area contributed by atoms with Crippen molar-refractivity contribution in [2.24, 2.45) is 0 Å². The Labute approximate surface area is 162 Å².